The molecule has 122 valence electrons. The second-order valence-corrected chi connectivity index (χ2v) is 5.75. The molecule has 4 rings (SSSR count). The quantitative estimate of drug-likeness (QED) is 0.778. The van der Waals surface area contributed by atoms with Crippen molar-refractivity contribution in [2.75, 3.05) is 18.1 Å². The molecule has 2 aromatic heterocycles. The van der Waals surface area contributed by atoms with E-state index in [1.54, 1.807) is 23.0 Å². The van der Waals surface area contributed by atoms with Gasteiger partial charge in [0.25, 0.3) is 0 Å². The molecule has 7 nitrogen and oxygen atoms in total. The van der Waals surface area contributed by atoms with Gasteiger partial charge in [-0.3, -0.25) is 0 Å². The third kappa shape index (κ3) is 2.34. The lowest BCUT2D eigenvalue weighted by Gasteiger charge is -2.21. The number of para-hydroxylation sites is 1. The Balaban J connectivity index is 1.78. The van der Waals surface area contributed by atoms with Crippen LogP contribution >= 0.6 is 0 Å². The Morgan fingerprint density at radius 3 is 3.08 bits per heavy atom. The van der Waals surface area contributed by atoms with E-state index in [1.165, 1.54) is 0 Å². The van der Waals surface area contributed by atoms with Crippen LogP contribution in [-0.4, -0.2) is 38.8 Å². The molecule has 1 aliphatic rings. The minimum Gasteiger partial charge on any atom is -0.491 e. The van der Waals surface area contributed by atoms with Crippen LogP contribution < -0.4 is 9.64 Å². The average Bonchev–Trinajstić information content (AvgIpc) is 2.89. The summed E-state index contributed by atoms with van der Waals surface area (Å²) in [6, 6.07) is 7.63. The predicted molar refractivity (Wildman–Crippen MR) is 87.7 cm³/mol. The second-order valence-electron chi connectivity index (χ2n) is 5.75. The highest BCUT2D eigenvalue weighted by molar-refractivity contribution is 5.88. The van der Waals surface area contributed by atoms with E-state index < -0.39 is 5.97 Å². The van der Waals surface area contributed by atoms with Crippen LogP contribution in [0.15, 0.2) is 36.7 Å². The van der Waals surface area contributed by atoms with Gasteiger partial charge in [-0.2, -0.15) is 5.10 Å². The molecule has 24 heavy (non-hydrogen) atoms. The van der Waals surface area contributed by atoms with Gasteiger partial charge in [-0.15, -0.1) is 0 Å². The van der Waals surface area contributed by atoms with E-state index in [2.05, 4.69) is 15.0 Å². The Hall–Kier alpha value is -3.09. The fraction of sp³-hybridized carbons (Fsp3) is 0.235. The number of fused-ring (bicyclic) bond motifs is 2. The van der Waals surface area contributed by atoms with Crippen molar-refractivity contribution < 1.29 is 14.6 Å². The molecular weight excluding hydrogens is 308 g/mol. The molecule has 0 radical (unpaired) electrons. The van der Waals surface area contributed by atoms with E-state index in [-0.39, 0.29) is 5.69 Å². The lowest BCUT2D eigenvalue weighted by atomic mass is 10.1. The number of aromatic carboxylic acids is 1. The number of rotatable bonds is 2. The van der Waals surface area contributed by atoms with Crippen LogP contribution in [0.1, 0.15) is 21.6 Å². The molecule has 0 saturated carbocycles. The molecule has 3 heterocycles. The number of hydrogen-bond acceptors (Lipinski definition) is 5. The van der Waals surface area contributed by atoms with Gasteiger partial charge in [-0.25, -0.2) is 14.3 Å². The highest BCUT2D eigenvalue weighted by atomic mass is 16.5. The standard InChI is InChI=1S/C17H16N4O3/c1-11-3-2-4-12-10-20(7-8-24-15(11)12)16-14-9-13(17(22)23)19-21(14)6-5-18-16/h2-6,9H,7-8,10H2,1H3,(H,22,23). The molecule has 0 aliphatic carbocycles. The normalized spacial score (nSPS) is 14.1. The molecule has 0 atom stereocenters. The van der Waals surface area contributed by atoms with Crippen molar-refractivity contribution in [2.45, 2.75) is 13.5 Å². The van der Waals surface area contributed by atoms with Crippen molar-refractivity contribution in [3.8, 4) is 5.75 Å². The SMILES string of the molecule is Cc1cccc2c1OCCN(c1nccn3nc(C(=O)O)cc13)C2. The molecule has 1 aliphatic heterocycles. The predicted octanol–water partition coefficient (Wildman–Crippen LogP) is 2.13. The van der Waals surface area contributed by atoms with Crippen LogP contribution in [0.2, 0.25) is 0 Å². The average molecular weight is 324 g/mol. The number of ether oxygens (including phenoxy) is 1. The van der Waals surface area contributed by atoms with Crippen molar-refractivity contribution in [1.29, 1.82) is 0 Å². The summed E-state index contributed by atoms with van der Waals surface area (Å²) in [6.45, 7) is 3.88. The summed E-state index contributed by atoms with van der Waals surface area (Å²) in [5, 5.41) is 13.2. The first kappa shape index (κ1) is 14.5. The third-order valence-corrected chi connectivity index (χ3v) is 4.15. The van der Waals surface area contributed by atoms with Crippen molar-refractivity contribution in [1.82, 2.24) is 14.6 Å². The number of benzene rings is 1. The van der Waals surface area contributed by atoms with E-state index in [1.807, 2.05) is 25.1 Å². The largest absolute Gasteiger partial charge is 0.491 e. The fourth-order valence-electron chi connectivity index (χ4n) is 3.02. The maximum absolute atomic E-state index is 11.2. The van der Waals surface area contributed by atoms with Gasteiger partial charge in [0.2, 0.25) is 0 Å². The summed E-state index contributed by atoms with van der Waals surface area (Å²) in [6.07, 6.45) is 3.28. The van der Waals surface area contributed by atoms with Crippen LogP contribution in [0.25, 0.3) is 5.52 Å². The molecular formula is C17H16N4O3. The van der Waals surface area contributed by atoms with E-state index in [0.717, 1.165) is 16.9 Å². The van der Waals surface area contributed by atoms with Crippen molar-refractivity contribution >= 4 is 17.3 Å². The second kappa shape index (κ2) is 5.52. The van der Waals surface area contributed by atoms with Gasteiger partial charge in [0.1, 0.15) is 17.9 Å². The maximum Gasteiger partial charge on any atom is 0.356 e. The topological polar surface area (TPSA) is 80.0 Å². The fourth-order valence-corrected chi connectivity index (χ4v) is 3.02. The molecule has 7 heteroatoms. The maximum atomic E-state index is 11.2. The van der Waals surface area contributed by atoms with Crippen LogP contribution in [-0.2, 0) is 6.54 Å². The van der Waals surface area contributed by atoms with Crippen LogP contribution in [0.3, 0.4) is 0 Å². The Kier molecular flexibility index (Phi) is 3.34. The van der Waals surface area contributed by atoms with Gasteiger partial charge in [-0.05, 0) is 12.5 Å². The van der Waals surface area contributed by atoms with E-state index in [0.29, 0.717) is 31.0 Å². The van der Waals surface area contributed by atoms with E-state index >= 15 is 0 Å². The van der Waals surface area contributed by atoms with Crippen LogP contribution in [0.4, 0.5) is 5.82 Å². The molecule has 0 spiro atoms. The Bertz CT molecular complexity index is 935. The molecule has 0 fully saturated rings. The van der Waals surface area contributed by atoms with Crippen molar-refractivity contribution in [3.63, 3.8) is 0 Å². The first-order valence-electron chi connectivity index (χ1n) is 7.67. The zero-order valence-electron chi connectivity index (χ0n) is 13.1. The Morgan fingerprint density at radius 1 is 1.38 bits per heavy atom. The zero-order valence-corrected chi connectivity index (χ0v) is 13.1. The summed E-state index contributed by atoms with van der Waals surface area (Å²) in [5.41, 5.74) is 2.88. The monoisotopic (exact) mass is 324 g/mol. The number of carbonyl (C=O) groups is 1. The van der Waals surface area contributed by atoms with Crippen molar-refractivity contribution in [2.24, 2.45) is 0 Å². The summed E-state index contributed by atoms with van der Waals surface area (Å²) in [5.74, 6) is 0.576. The smallest absolute Gasteiger partial charge is 0.356 e. The van der Waals surface area contributed by atoms with Gasteiger partial charge in [0.15, 0.2) is 11.5 Å². The number of aromatic nitrogens is 3. The number of aryl methyl sites for hydroxylation is 1. The molecule has 0 bridgehead atoms. The van der Waals surface area contributed by atoms with E-state index in [4.69, 9.17) is 9.84 Å². The summed E-state index contributed by atoms with van der Waals surface area (Å²) in [7, 11) is 0. The minimum absolute atomic E-state index is 0.00608. The van der Waals surface area contributed by atoms with Crippen LogP contribution in [0.5, 0.6) is 5.75 Å². The Morgan fingerprint density at radius 2 is 2.25 bits per heavy atom. The lowest BCUT2D eigenvalue weighted by molar-refractivity contribution is 0.0690. The summed E-state index contributed by atoms with van der Waals surface area (Å²) in [4.78, 5) is 17.7. The zero-order chi connectivity index (χ0) is 16.7. The van der Waals surface area contributed by atoms with Gasteiger partial charge >= 0.3 is 5.97 Å². The third-order valence-electron chi connectivity index (χ3n) is 4.15. The van der Waals surface area contributed by atoms with Gasteiger partial charge in [-0.1, -0.05) is 18.2 Å². The number of nitrogens with zero attached hydrogens (tertiary/aromatic N) is 4. The van der Waals surface area contributed by atoms with Gasteiger partial charge < -0.3 is 14.7 Å². The molecule has 1 aromatic carbocycles. The lowest BCUT2D eigenvalue weighted by Crippen LogP contribution is -2.26. The first-order chi connectivity index (χ1) is 11.6. The molecule has 1 N–H and O–H groups in total. The molecule has 0 unspecified atom stereocenters. The summed E-state index contributed by atoms with van der Waals surface area (Å²) >= 11 is 0. The number of anilines is 1. The molecule has 3 aromatic rings. The summed E-state index contributed by atoms with van der Waals surface area (Å²) < 4.78 is 7.45. The van der Waals surface area contributed by atoms with E-state index in [9.17, 15) is 4.79 Å². The number of carboxylic acid groups (broad SMARTS) is 1. The molecule has 0 amide bonds. The van der Waals surface area contributed by atoms with Crippen LogP contribution in [0, 0.1) is 6.92 Å². The highest BCUT2D eigenvalue weighted by Crippen LogP contribution is 2.30. The van der Waals surface area contributed by atoms with Crippen molar-refractivity contribution in [3.05, 3.63) is 53.5 Å². The first-order valence-corrected chi connectivity index (χ1v) is 7.67. The number of carboxylic acids is 1. The Labute approximate surface area is 138 Å². The molecule has 0 saturated heterocycles. The number of hydrogen-bond donors (Lipinski definition) is 1. The highest BCUT2D eigenvalue weighted by Gasteiger charge is 2.21. The van der Waals surface area contributed by atoms with Gasteiger partial charge in [0.05, 0.1) is 6.54 Å². The minimum atomic E-state index is -1.05. The van der Waals surface area contributed by atoms with Gasteiger partial charge in [0, 0.05) is 30.6 Å².